The largest absolute Gasteiger partial charge is 0.377 e. The van der Waals surface area contributed by atoms with Crippen molar-refractivity contribution in [3.8, 4) is 0 Å². The lowest BCUT2D eigenvalue weighted by molar-refractivity contribution is 0.0948. The minimum atomic E-state index is 0.103. The molecule has 0 amide bonds. The summed E-state index contributed by atoms with van der Waals surface area (Å²) in [5.41, 5.74) is 1.90. The first-order valence-corrected chi connectivity index (χ1v) is 5.32. The maximum absolute atomic E-state index is 11.1. The third-order valence-electron chi connectivity index (χ3n) is 2.52. The van der Waals surface area contributed by atoms with Crippen molar-refractivity contribution in [3.63, 3.8) is 0 Å². The van der Waals surface area contributed by atoms with Crippen molar-refractivity contribution in [1.82, 2.24) is 0 Å². The third kappa shape index (κ3) is 3.17. The zero-order valence-corrected chi connectivity index (χ0v) is 9.62. The van der Waals surface area contributed by atoms with Crippen LogP contribution < -0.4 is 0 Å². The van der Waals surface area contributed by atoms with Crippen LogP contribution in [0.1, 0.15) is 48.7 Å². The lowest BCUT2D eigenvalue weighted by Crippen LogP contribution is -2.01. The summed E-state index contributed by atoms with van der Waals surface area (Å²) in [4.78, 5) is 11.1. The topological polar surface area (TPSA) is 26.3 Å². The highest BCUT2D eigenvalue weighted by atomic mass is 16.5. The van der Waals surface area contributed by atoms with Crippen molar-refractivity contribution < 1.29 is 9.53 Å². The highest BCUT2D eigenvalue weighted by molar-refractivity contribution is 5.94. The van der Waals surface area contributed by atoms with Crippen LogP contribution in [0.4, 0.5) is 0 Å². The van der Waals surface area contributed by atoms with Crippen molar-refractivity contribution in [3.05, 3.63) is 35.4 Å². The van der Waals surface area contributed by atoms with E-state index in [0.29, 0.717) is 0 Å². The Kier molecular flexibility index (Phi) is 4.50. The van der Waals surface area contributed by atoms with E-state index in [4.69, 9.17) is 4.74 Å². The predicted molar refractivity (Wildman–Crippen MR) is 61.1 cm³/mol. The number of ether oxygens (including phenoxy) is 1. The lowest BCUT2D eigenvalue weighted by Gasteiger charge is -2.14. The van der Waals surface area contributed by atoms with Gasteiger partial charge in [0.1, 0.15) is 0 Å². The second-order valence-electron chi connectivity index (χ2n) is 3.69. The molecule has 1 aromatic carbocycles. The van der Waals surface area contributed by atoms with Gasteiger partial charge in [-0.2, -0.15) is 0 Å². The molecule has 0 N–H and O–H groups in total. The normalized spacial score (nSPS) is 12.5. The van der Waals surface area contributed by atoms with E-state index in [1.807, 2.05) is 24.3 Å². The molecule has 0 aromatic heterocycles. The Labute approximate surface area is 91.3 Å². The summed E-state index contributed by atoms with van der Waals surface area (Å²) in [5.74, 6) is 0.103. The number of ketones is 1. The lowest BCUT2D eigenvalue weighted by atomic mass is 10.0. The fraction of sp³-hybridized carbons (Fsp3) is 0.462. The second kappa shape index (κ2) is 5.66. The molecular formula is C13H18O2. The predicted octanol–water partition coefficient (Wildman–Crippen LogP) is 3.38. The van der Waals surface area contributed by atoms with Crippen molar-refractivity contribution >= 4 is 5.78 Å². The maximum Gasteiger partial charge on any atom is 0.159 e. The van der Waals surface area contributed by atoms with Crippen molar-refractivity contribution in [2.75, 3.05) is 7.11 Å². The molecule has 2 heteroatoms. The molecule has 1 aromatic rings. The summed E-state index contributed by atoms with van der Waals surface area (Å²) in [5, 5.41) is 0. The molecule has 0 spiro atoms. The van der Waals surface area contributed by atoms with Crippen LogP contribution >= 0.6 is 0 Å². The average Bonchev–Trinajstić information content (AvgIpc) is 2.26. The van der Waals surface area contributed by atoms with Gasteiger partial charge in [0.2, 0.25) is 0 Å². The van der Waals surface area contributed by atoms with Gasteiger partial charge < -0.3 is 4.74 Å². The van der Waals surface area contributed by atoms with Crippen LogP contribution in [0, 0.1) is 0 Å². The van der Waals surface area contributed by atoms with Gasteiger partial charge in [0.05, 0.1) is 6.10 Å². The van der Waals surface area contributed by atoms with Gasteiger partial charge in [0.25, 0.3) is 0 Å². The average molecular weight is 206 g/mol. The molecule has 0 aliphatic heterocycles. The van der Waals surface area contributed by atoms with E-state index in [1.54, 1.807) is 14.0 Å². The van der Waals surface area contributed by atoms with Gasteiger partial charge in [-0.05, 0) is 18.9 Å². The Morgan fingerprint density at radius 2 is 1.93 bits per heavy atom. The SMILES string of the molecule is CCCC(OC)c1ccc(C(C)=O)cc1. The molecule has 15 heavy (non-hydrogen) atoms. The van der Waals surface area contributed by atoms with Crippen LogP contribution in [-0.2, 0) is 4.74 Å². The fourth-order valence-corrected chi connectivity index (χ4v) is 1.62. The van der Waals surface area contributed by atoms with Gasteiger partial charge in [-0.3, -0.25) is 4.79 Å². The van der Waals surface area contributed by atoms with Gasteiger partial charge in [-0.25, -0.2) is 0 Å². The van der Waals surface area contributed by atoms with Crippen LogP contribution in [0.5, 0.6) is 0 Å². The van der Waals surface area contributed by atoms with Crippen molar-refractivity contribution in [1.29, 1.82) is 0 Å². The van der Waals surface area contributed by atoms with E-state index in [0.717, 1.165) is 24.0 Å². The molecular weight excluding hydrogens is 188 g/mol. The van der Waals surface area contributed by atoms with Gasteiger partial charge in [0.15, 0.2) is 5.78 Å². The van der Waals surface area contributed by atoms with Crippen molar-refractivity contribution in [2.24, 2.45) is 0 Å². The Morgan fingerprint density at radius 1 is 1.33 bits per heavy atom. The molecule has 1 rings (SSSR count). The van der Waals surface area contributed by atoms with E-state index in [1.165, 1.54) is 0 Å². The Balaban J connectivity index is 2.81. The minimum absolute atomic E-state index is 0.103. The first-order valence-electron chi connectivity index (χ1n) is 5.32. The highest BCUT2D eigenvalue weighted by Gasteiger charge is 2.09. The first-order chi connectivity index (χ1) is 7.19. The minimum Gasteiger partial charge on any atom is -0.377 e. The maximum atomic E-state index is 11.1. The quantitative estimate of drug-likeness (QED) is 0.690. The Morgan fingerprint density at radius 3 is 2.33 bits per heavy atom. The zero-order valence-electron chi connectivity index (χ0n) is 9.62. The third-order valence-corrected chi connectivity index (χ3v) is 2.52. The first kappa shape index (κ1) is 11.9. The van der Waals surface area contributed by atoms with Gasteiger partial charge in [-0.1, -0.05) is 37.6 Å². The van der Waals surface area contributed by atoms with E-state index in [2.05, 4.69) is 6.92 Å². The smallest absolute Gasteiger partial charge is 0.159 e. The molecule has 1 unspecified atom stereocenters. The molecule has 0 saturated carbocycles. The van der Waals surface area contributed by atoms with Crippen LogP contribution in [0.15, 0.2) is 24.3 Å². The van der Waals surface area contributed by atoms with E-state index < -0.39 is 0 Å². The standard InChI is InChI=1S/C13H18O2/c1-4-5-13(15-3)12-8-6-11(7-9-12)10(2)14/h6-9,13H,4-5H2,1-3H3. The number of Topliss-reactive ketones (excluding diaryl/α,β-unsaturated/α-hetero) is 1. The monoisotopic (exact) mass is 206 g/mol. The van der Waals surface area contributed by atoms with E-state index in [9.17, 15) is 4.79 Å². The highest BCUT2D eigenvalue weighted by Crippen LogP contribution is 2.22. The molecule has 0 heterocycles. The molecule has 0 saturated heterocycles. The zero-order chi connectivity index (χ0) is 11.3. The molecule has 2 nitrogen and oxygen atoms in total. The number of benzene rings is 1. The number of carbonyl (C=O) groups excluding carboxylic acids is 1. The van der Waals surface area contributed by atoms with Gasteiger partial charge >= 0.3 is 0 Å². The van der Waals surface area contributed by atoms with E-state index in [-0.39, 0.29) is 11.9 Å². The number of hydrogen-bond donors (Lipinski definition) is 0. The summed E-state index contributed by atoms with van der Waals surface area (Å²) in [7, 11) is 1.72. The molecule has 82 valence electrons. The molecule has 0 aliphatic rings. The molecule has 0 bridgehead atoms. The summed E-state index contributed by atoms with van der Waals surface area (Å²) in [6.45, 7) is 3.71. The van der Waals surface area contributed by atoms with E-state index >= 15 is 0 Å². The summed E-state index contributed by atoms with van der Waals surface area (Å²) in [6, 6.07) is 7.67. The summed E-state index contributed by atoms with van der Waals surface area (Å²) >= 11 is 0. The Bertz CT molecular complexity index is 314. The second-order valence-corrected chi connectivity index (χ2v) is 3.69. The van der Waals surface area contributed by atoms with Crippen LogP contribution in [-0.4, -0.2) is 12.9 Å². The van der Waals surface area contributed by atoms with Gasteiger partial charge in [-0.15, -0.1) is 0 Å². The van der Waals surface area contributed by atoms with Crippen LogP contribution in [0.2, 0.25) is 0 Å². The van der Waals surface area contributed by atoms with Crippen LogP contribution in [0.25, 0.3) is 0 Å². The summed E-state index contributed by atoms with van der Waals surface area (Å²) in [6.07, 6.45) is 2.25. The molecule has 0 aliphatic carbocycles. The fourth-order valence-electron chi connectivity index (χ4n) is 1.62. The van der Waals surface area contributed by atoms with Gasteiger partial charge in [0, 0.05) is 12.7 Å². The number of carbonyl (C=O) groups is 1. The van der Waals surface area contributed by atoms with Crippen molar-refractivity contribution in [2.45, 2.75) is 32.8 Å². The Hall–Kier alpha value is -1.15. The number of hydrogen-bond acceptors (Lipinski definition) is 2. The van der Waals surface area contributed by atoms with Crippen LogP contribution in [0.3, 0.4) is 0 Å². The number of methoxy groups -OCH3 is 1. The molecule has 0 fully saturated rings. The number of rotatable bonds is 5. The summed E-state index contributed by atoms with van der Waals surface area (Å²) < 4.78 is 5.39. The molecule has 0 radical (unpaired) electrons. The molecule has 1 atom stereocenters.